The van der Waals surface area contributed by atoms with Crippen molar-refractivity contribution in [1.82, 2.24) is 5.32 Å². The first-order valence-electron chi connectivity index (χ1n) is 5.90. The summed E-state index contributed by atoms with van der Waals surface area (Å²) in [7, 11) is 0. The van der Waals surface area contributed by atoms with E-state index < -0.39 is 0 Å². The summed E-state index contributed by atoms with van der Waals surface area (Å²) in [6.45, 7) is 1.31. The molecule has 0 spiro atoms. The van der Waals surface area contributed by atoms with Gasteiger partial charge in [-0.25, -0.2) is 0 Å². The third-order valence-corrected chi connectivity index (χ3v) is 4.06. The lowest BCUT2D eigenvalue weighted by molar-refractivity contribution is 0.0953. The number of carbonyl (C=O) groups excluding carboxylic acids is 1. The van der Waals surface area contributed by atoms with Gasteiger partial charge in [0.25, 0.3) is 5.91 Å². The number of nitrogens with one attached hydrogen (secondary N) is 1. The Bertz CT molecular complexity index is 379. The average Bonchev–Trinajstić information content (AvgIpc) is 2.73. The molecule has 0 bridgehead atoms. The maximum atomic E-state index is 11.9. The van der Waals surface area contributed by atoms with Crippen LogP contribution < -0.4 is 11.1 Å². The van der Waals surface area contributed by atoms with Crippen LogP contribution in [-0.2, 0) is 12.8 Å². The van der Waals surface area contributed by atoms with Crippen molar-refractivity contribution in [1.29, 1.82) is 0 Å². The molecule has 96 valence electrons. The van der Waals surface area contributed by atoms with Gasteiger partial charge in [0.05, 0.1) is 5.56 Å². The molecule has 1 amide bonds. The number of nitrogens with two attached hydrogens (primary N) is 1. The minimum Gasteiger partial charge on any atom is -0.352 e. The van der Waals surface area contributed by atoms with E-state index in [0.29, 0.717) is 13.1 Å². The Labute approximate surface area is 112 Å². The van der Waals surface area contributed by atoms with Crippen molar-refractivity contribution in [2.24, 2.45) is 5.73 Å². The fourth-order valence-corrected chi connectivity index (χ4v) is 3.21. The summed E-state index contributed by atoms with van der Waals surface area (Å²) in [5.41, 5.74) is 7.59. The molecule has 2 rings (SSSR count). The van der Waals surface area contributed by atoms with Gasteiger partial charge in [0.15, 0.2) is 0 Å². The summed E-state index contributed by atoms with van der Waals surface area (Å²) < 4.78 is 0. The van der Waals surface area contributed by atoms with Gasteiger partial charge >= 0.3 is 0 Å². The van der Waals surface area contributed by atoms with Crippen LogP contribution in [0.4, 0.5) is 0 Å². The lowest BCUT2D eigenvalue weighted by Crippen LogP contribution is -2.26. The van der Waals surface area contributed by atoms with Gasteiger partial charge in [0.2, 0.25) is 0 Å². The molecule has 3 nitrogen and oxygen atoms in total. The third kappa shape index (κ3) is 3.44. The van der Waals surface area contributed by atoms with Gasteiger partial charge in [-0.15, -0.1) is 23.7 Å². The van der Waals surface area contributed by atoms with E-state index in [9.17, 15) is 4.79 Å². The zero-order chi connectivity index (χ0) is 11.4. The van der Waals surface area contributed by atoms with Crippen LogP contribution in [0.3, 0.4) is 0 Å². The lowest BCUT2D eigenvalue weighted by atomic mass is 9.96. The van der Waals surface area contributed by atoms with E-state index in [0.717, 1.165) is 24.8 Å². The molecule has 0 saturated heterocycles. The van der Waals surface area contributed by atoms with Gasteiger partial charge in [-0.2, -0.15) is 0 Å². The largest absolute Gasteiger partial charge is 0.352 e. The second-order valence-corrected chi connectivity index (χ2v) is 5.12. The van der Waals surface area contributed by atoms with Crippen molar-refractivity contribution in [3.8, 4) is 0 Å². The Morgan fingerprint density at radius 1 is 1.41 bits per heavy atom. The average molecular weight is 275 g/mol. The maximum Gasteiger partial charge on any atom is 0.252 e. The van der Waals surface area contributed by atoms with Crippen LogP contribution in [0.5, 0.6) is 0 Å². The van der Waals surface area contributed by atoms with E-state index in [4.69, 9.17) is 5.73 Å². The predicted molar refractivity (Wildman–Crippen MR) is 74.2 cm³/mol. The number of hydrogen-bond donors (Lipinski definition) is 2. The van der Waals surface area contributed by atoms with E-state index in [1.54, 1.807) is 11.3 Å². The summed E-state index contributed by atoms with van der Waals surface area (Å²) in [6.07, 6.45) is 5.54. The molecule has 1 aromatic heterocycles. The van der Waals surface area contributed by atoms with Crippen LogP contribution in [0.25, 0.3) is 0 Å². The highest BCUT2D eigenvalue weighted by Gasteiger charge is 2.19. The second-order valence-electron chi connectivity index (χ2n) is 4.16. The highest BCUT2D eigenvalue weighted by molar-refractivity contribution is 7.10. The Morgan fingerprint density at radius 2 is 2.18 bits per heavy atom. The van der Waals surface area contributed by atoms with E-state index in [1.807, 2.05) is 5.38 Å². The SMILES string of the molecule is Cl.NCCCNC(=O)c1csc2c1CCCC2. The Hall–Kier alpha value is -0.580. The summed E-state index contributed by atoms with van der Waals surface area (Å²) in [4.78, 5) is 13.3. The smallest absolute Gasteiger partial charge is 0.252 e. The number of halogens is 1. The number of aryl methyl sites for hydroxylation is 1. The number of carbonyl (C=O) groups is 1. The van der Waals surface area contributed by atoms with Crippen molar-refractivity contribution in [2.75, 3.05) is 13.1 Å². The van der Waals surface area contributed by atoms with Gasteiger partial charge in [-0.05, 0) is 44.2 Å². The molecule has 1 aliphatic rings. The van der Waals surface area contributed by atoms with Crippen molar-refractivity contribution in [3.05, 3.63) is 21.4 Å². The highest BCUT2D eigenvalue weighted by atomic mass is 35.5. The van der Waals surface area contributed by atoms with Crippen LogP contribution in [0.15, 0.2) is 5.38 Å². The number of amides is 1. The summed E-state index contributed by atoms with van der Waals surface area (Å²) in [6, 6.07) is 0. The first kappa shape index (κ1) is 14.5. The van der Waals surface area contributed by atoms with Crippen LogP contribution in [0, 0.1) is 0 Å². The minimum atomic E-state index is 0. The lowest BCUT2D eigenvalue weighted by Gasteiger charge is -2.12. The van der Waals surface area contributed by atoms with E-state index in [-0.39, 0.29) is 18.3 Å². The second kappa shape index (κ2) is 6.99. The van der Waals surface area contributed by atoms with E-state index in [1.165, 1.54) is 23.3 Å². The van der Waals surface area contributed by atoms with Crippen molar-refractivity contribution in [3.63, 3.8) is 0 Å². The minimum absolute atomic E-state index is 0. The van der Waals surface area contributed by atoms with Crippen molar-refractivity contribution in [2.45, 2.75) is 32.1 Å². The molecule has 17 heavy (non-hydrogen) atoms. The quantitative estimate of drug-likeness (QED) is 0.827. The maximum absolute atomic E-state index is 11.9. The molecule has 1 aromatic rings. The Kier molecular flexibility index (Phi) is 5.95. The number of hydrogen-bond acceptors (Lipinski definition) is 3. The topological polar surface area (TPSA) is 55.1 Å². The van der Waals surface area contributed by atoms with Gasteiger partial charge in [0.1, 0.15) is 0 Å². The van der Waals surface area contributed by atoms with Crippen LogP contribution in [0.1, 0.15) is 40.1 Å². The Morgan fingerprint density at radius 3 is 2.94 bits per heavy atom. The fourth-order valence-electron chi connectivity index (χ4n) is 2.08. The Balaban J connectivity index is 0.00000144. The molecule has 0 aliphatic heterocycles. The van der Waals surface area contributed by atoms with E-state index in [2.05, 4.69) is 5.32 Å². The zero-order valence-corrected chi connectivity index (χ0v) is 11.5. The molecule has 0 radical (unpaired) electrons. The summed E-state index contributed by atoms with van der Waals surface area (Å²) in [5.74, 6) is 0.0767. The monoisotopic (exact) mass is 274 g/mol. The standard InChI is InChI=1S/C12H18N2OS.ClH/c13-6-3-7-14-12(15)10-8-16-11-5-2-1-4-9(10)11;/h8H,1-7,13H2,(H,14,15);1H. The van der Waals surface area contributed by atoms with Gasteiger partial charge in [-0.3, -0.25) is 4.79 Å². The fraction of sp³-hybridized carbons (Fsp3) is 0.583. The number of fused-ring (bicyclic) bond motifs is 1. The number of thiophene rings is 1. The van der Waals surface area contributed by atoms with Crippen molar-refractivity contribution < 1.29 is 4.79 Å². The summed E-state index contributed by atoms with van der Waals surface area (Å²) in [5, 5.41) is 4.93. The molecule has 0 saturated carbocycles. The molecular formula is C12H19ClN2OS. The van der Waals surface area contributed by atoms with E-state index >= 15 is 0 Å². The molecular weight excluding hydrogens is 256 g/mol. The van der Waals surface area contributed by atoms with Crippen LogP contribution >= 0.6 is 23.7 Å². The molecule has 1 heterocycles. The van der Waals surface area contributed by atoms with Crippen LogP contribution in [0.2, 0.25) is 0 Å². The highest BCUT2D eigenvalue weighted by Crippen LogP contribution is 2.29. The predicted octanol–water partition coefficient (Wildman–Crippen LogP) is 2.13. The normalized spacial score (nSPS) is 13.7. The molecule has 1 aliphatic carbocycles. The first-order valence-corrected chi connectivity index (χ1v) is 6.78. The molecule has 5 heteroatoms. The molecule has 3 N–H and O–H groups in total. The first-order chi connectivity index (χ1) is 7.83. The molecule has 0 unspecified atom stereocenters. The van der Waals surface area contributed by atoms with Gasteiger partial charge < -0.3 is 11.1 Å². The van der Waals surface area contributed by atoms with Gasteiger partial charge in [-0.1, -0.05) is 0 Å². The van der Waals surface area contributed by atoms with Crippen molar-refractivity contribution >= 4 is 29.7 Å². The molecule has 0 aromatic carbocycles. The zero-order valence-electron chi connectivity index (χ0n) is 9.83. The molecule has 0 fully saturated rings. The van der Waals surface area contributed by atoms with Gasteiger partial charge in [0, 0.05) is 16.8 Å². The molecule has 0 atom stereocenters. The number of rotatable bonds is 4. The summed E-state index contributed by atoms with van der Waals surface area (Å²) >= 11 is 1.73. The van der Waals surface area contributed by atoms with Crippen LogP contribution in [-0.4, -0.2) is 19.0 Å². The third-order valence-electron chi connectivity index (χ3n) is 2.97.